The van der Waals surface area contributed by atoms with Crippen molar-refractivity contribution >= 4 is 11.7 Å². The average Bonchev–Trinajstić information content (AvgIpc) is 3.32. The average molecular weight is 459 g/mol. The standard InChI is InChI=1S/C28H30N2O4/c1-19(2)20-7-9-21(10-8-20)25-18-29-26(33-25)11-12-27(32)30-15-13-28(14-16-30)17-23(31)22-5-3-4-6-24(22)34-28/h3-10,18-19H,11-17H2,1-2H3. The van der Waals surface area contributed by atoms with Gasteiger partial charge in [-0.2, -0.15) is 0 Å². The lowest BCUT2D eigenvalue weighted by molar-refractivity contribution is -0.134. The number of benzene rings is 2. The lowest BCUT2D eigenvalue weighted by Gasteiger charge is -2.44. The number of likely N-dealkylation sites (tertiary alicyclic amines) is 1. The Morgan fingerprint density at radius 2 is 1.82 bits per heavy atom. The van der Waals surface area contributed by atoms with Gasteiger partial charge in [-0.05, 0) is 23.6 Å². The maximum absolute atomic E-state index is 12.8. The molecule has 5 rings (SSSR count). The van der Waals surface area contributed by atoms with E-state index in [0.29, 0.717) is 68.3 Å². The van der Waals surface area contributed by atoms with Crippen molar-refractivity contribution in [2.24, 2.45) is 0 Å². The van der Waals surface area contributed by atoms with Crippen molar-refractivity contribution in [3.63, 3.8) is 0 Å². The van der Waals surface area contributed by atoms with Crippen LogP contribution in [-0.2, 0) is 11.2 Å². The molecular formula is C28H30N2O4. The highest BCUT2D eigenvalue weighted by Gasteiger charge is 2.43. The fourth-order valence-electron chi connectivity index (χ4n) is 4.85. The van der Waals surface area contributed by atoms with Crippen LogP contribution in [0.4, 0.5) is 0 Å². The molecule has 1 fully saturated rings. The zero-order chi connectivity index (χ0) is 23.7. The molecule has 2 aliphatic heterocycles. The Hall–Kier alpha value is -3.41. The van der Waals surface area contributed by atoms with Gasteiger partial charge >= 0.3 is 0 Å². The first-order chi connectivity index (χ1) is 16.4. The number of carbonyl (C=O) groups is 2. The first-order valence-electron chi connectivity index (χ1n) is 12.1. The summed E-state index contributed by atoms with van der Waals surface area (Å²) in [5.74, 6) is 2.64. The molecule has 3 heterocycles. The number of para-hydroxylation sites is 1. The molecule has 176 valence electrons. The second-order valence-electron chi connectivity index (χ2n) is 9.66. The van der Waals surface area contributed by atoms with Crippen molar-refractivity contribution in [1.82, 2.24) is 9.88 Å². The maximum Gasteiger partial charge on any atom is 0.223 e. The van der Waals surface area contributed by atoms with Crippen LogP contribution in [0.3, 0.4) is 0 Å². The van der Waals surface area contributed by atoms with Gasteiger partial charge < -0.3 is 14.1 Å². The molecule has 2 aliphatic rings. The molecule has 0 atom stereocenters. The molecule has 0 bridgehead atoms. The Morgan fingerprint density at radius 1 is 1.09 bits per heavy atom. The van der Waals surface area contributed by atoms with E-state index in [1.54, 1.807) is 6.20 Å². The fourth-order valence-corrected chi connectivity index (χ4v) is 4.85. The molecule has 1 spiro atoms. The van der Waals surface area contributed by atoms with Gasteiger partial charge in [-0.1, -0.05) is 50.2 Å². The highest BCUT2D eigenvalue weighted by atomic mass is 16.5. The molecule has 6 heteroatoms. The van der Waals surface area contributed by atoms with E-state index >= 15 is 0 Å². The lowest BCUT2D eigenvalue weighted by Crippen LogP contribution is -2.52. The van der Waals surface area contributed by atoms with Crippen LogP contribution < -0.4 is 4.74 Å². The predicted octanol–water partition coefficient (Wildman–Crippen LogP) is 5.42. The van der Waals surface area contributed by atoms with E-state index in [1.807, 2.05) is 41.3 Å². The van der Waals surface area contributed by atoms with Crippen LogP contribution in [0.2, 0.25) is 0 Å². The summed E-state index contributed by atoms with van der Waals surface area (Å²) in [6, 6.07) is 15.7. The van der Waals surface area contributed by atoms with E-state index in [1.165, 1.54) is 5.56 Å². The highest BCUT2D eigenvalue weighted by molar-refractivity contribution is 6.00. The summed E-state index contributed by atoms with van der Waals surface area (Å²) in [6.07, 6.45) is 4.24. The summed E-state index contributed by atoms with van der Waals surface area (Å²) in [5, 5.41) is 0. The first kappa shape index (κ1) is 22.4. The Labute approximate surface area is 199 Å². The van der Waals surface area contributed by atoms with E-state index in [0.717, 1.165) is 11.3 Å². The normalized spacial score (nSPS) is 17.0. The third kappa shape index (κ3) is 4.49. The Bertz CT molecular complexity index is 1190. The number of ketones is 1. The Balaban J connectivity index is 1.15. The molecule has 0 unspecified atom stereocenters. The van der Waals surface area contributed by atoms with Crippen molar-refractivity contribution in [1.29, 1.82) is 0 Å². The molecular weight excluding hydrogens is 428 g/mol. The molecule has 6 nitrogen and oxygen atoms in total. The minimum Gasteiger partial charge on any atom is -0.486 e. The number of amides is 1. The summed E-state index contributed by atoms with van der Waals surface area (Å²) in [7, 11) is 0. The molecule has 1 aromatic heterocycles. The van der Waals surface area contributed by atoms with Gasteiger partial charge in [-0.15, -0.1) is 0 Å². The molecule has 0 aliphatic carbocycles. The Morgan fingerprint density at radius 3 is 2.56 bits per heavy atom. The number of ether oxygens (including phenoxy) is 1. The number of aryl methyl sites for hydroxylation is 1. The van der Waals surface area contributed by atoms with Crippen molar-refractivity contribution < 1.29 is 18.7 Å². The van der Waals surface area contributed by atoms with E-state index < -0.39 is 5.60 Å². The van der Waals surface area contributed by atoms with Gasteiger partial charge in [0.05, 0.1) is 18.2 Å². The number of carbonyl (C=O) groups excluding carboxylic acids is 2. The van der Waals surface area contributed by atoms with Crippen molar-refractivity contribution in [3.8, 4) is 17.1 Å². The van der Waals surface area contributed by atoms with Crippen LogP contribution in [0, 0.1) is 0 Å². The first-order valence-corrected chi connectivity index (χ1v) is 12.1. The van der Waals surface area contributed by atoms with Crippen LogP contribution in [0.15, 0.2) is 59.1 Å². The molecule has 1 saturated heterocycles. The number of nitrogens with zero attached hydrogens (tertiary/aromatic N) is 2. The van der Waals surface area contributed by atoms with Gasteiger partial charge in [0.1, 0.15) is 11.4 Å². The summed E-state index contributed by atoms with van der Waals surface area (Å²) < 4.78 is 12.2. The maximum atomic E-state index is 12.8. The number of aromatic nitrogens is 1. The van der Waals surface area contributed by atoms with Gasteiger partial charge in [-0.25, -0.2) is 4.98 Å². The van der Waals surface area contributed by atoms with Crippen molar-refractivity contribution in [3.05, 3.63) is 71.7 Å². The number of piperidine rings is 1. The minimum absolute atomic E-state index is 0.0819. The zero-order valence-corrected chi connectivity index (χ0v) is 19.8. The quantitative estimate of drug-likeness (QED) is 0.510. The smallest absolute Gasteiger partial charge is 0.223 e. The molecule has 2 aromatic carbocycles. The van der Waals surface area contributed by atoms with Gasteiger partial charge in [-0.3, -0.25) is 9.59 Å². The zero-order valence-electron chi connectivity index (χ0n) is 19.8. The number of fused-ring (bicyclic) bond motifs is 1. The van der Waals surface area contributed by atoms with E-state index in [2.05, 4.69) is 31.0 Å². The molecule has 0 radical (unpaired) electrons. The number of hydrogen-bond donors (Lipinski definition) is 0. The fraction of sp³-hybridized carbons (Fsp3) is 0.393. The minimum atomic E-state index is -0.495. The SMILES string of the molecule is CC(C)c1ccc(-c2cnc(CCC(=O)N3CCC4(CC3)CC(=O)c3ccccc3O4)o2)cc1. The molecule has 0 N–H and O–H groups in total. The summed E-state index contributed by atoms with van der Waals surface area (Å²) in [4.78, 5) is 31.7. The van der Waals surface area contributed by atoms with E-state index in [9.17, 15) is 9.59 Å². The predicted molar refractivity (Wildman–Crippen MR) is 129 cm³/mol. The Kier molecular flexibility index (Phi) is 5.98. The van der Waals surface area contributed by atoms with Crippen LogP contribution in [0.5, 0.6) is 5.75 Å². The van der Waals surface area contributed by atoms with E-state index in [-0.39, 0.29) is 11.7 Å². The molecule has 34 heavy (non-hydrogen) atoms. The van der Waals surface area contributed by atoms with E-state index in [4.69, 9.17) is 9.15 Å². The number of Topliss-reactive ketones (excluding diaryl/α,β-unsaturated/α-hetero) is 1. The highest BCUT2D eigenvalue weighted by Crippen LogP contribution is 2.39. The molecule has 0 saturated carbocycles. The molecule has 3 aromatic rings. The van der Waals surface area contributed by atoms with Crippen LogP contribution in [-0.4, -0.2) is 40.3 Å². The van der Waals surface area contributed by atoms with Crippen LogP contribution in [0.1, 0.15) is 67.3 Å². The van der Waals surface area contributed by atoms with Crippen LogP contribution >= 0.6 is 0 Å². The molecule has 1 amide bonds. The van der Waals surface area contributed by atoms with Crippen LogP contribution in [0.25, 0.3) is 11.3 Å². The topological polar surface area (TPSA) is 72.6 Å². The second-order valence-corrected chi connectivity index (χ2v) is 9.66. The number of rotatable bonds is 5. The number of oxazole rings is 1. The lowest BCUT2D eigenvalue weighted by atomic mass is 9.82. The summed E-state index contributed by atoms with van der Waals surface area (Å²) in [6.45, 7) is 5.52. The monoisotopic (exact) mass is 458 g/mol. The van der Waals surface area contributed by atoms with Gasteiger partial charge in [0.25, 0.3) is 0 Å². The summed E-state index contributed by atoms with van der Waals surface area (Å²) in [5.41, 5.74) is 2.43. The largest absolute Gasteiger partial charge is 0.486 e. The third-order valence-electron chi connectivity index (χ3n) is 6.99. The third-order valence-corrected chi connectivity index (χ3v) is 6.99. The number of hydrogen-bond acceptors (Lipinski definition) is 5. The summed E-state index contributed by atoms with van der Waals surface area (Å²) >= 11 is 0. The van der Waals surface area contributed by atoms with Crippen molar-refractivity contribution in [2.75, 3.05) is 13.1 Å². The van der Waals surface area contributed by atoms with Gasteiger partial charge in [0, 0.05) is 44.3 Å². The second kappa shape index (κ2) is 9.09. The van der Waals surface area contributed by atoms with Gasteiger partial charge in [0.15, 0.2) is 17.4 Å². The van der Waals surface area contributed by atoms with Crippen molar-refractivity contribution in [2.45, 2.75) is 57.5 Å². The van der Waals surface area contributed by atoms with Gasteiger partial charge in [0.2, 0.25) is 5.91 Å².